The van der Waals surface area contributed by atoms with Crippen LogP contribution in [0.1, 0.15) is 6.42 Å². The zero-order valence-electron chi connectivity index (χ0n) is 9.85. The Morgan fingerprint density at radius 3 is 2.88 bits per heavy atom. The summed E-state index contributed by atoms with van der Waals surface area (Å²) in [4.78, 5) is 23.4. The van der Waals surface area contributed by atoms with Gasteiger partial charge in [-0.2, -0.15) is 0 Å². The third-order valence-corrected chi connectivity index (χ3v) is 2.51. The molecule has 0 spiro atoms. The summed E-state index contributed by atoms with van der Waals surface area (Å²) in [6.07, 6.45) is 0.961. The van der Waals surface area contributed by atoms with Crippen LogP contribution in [0.3, 0.4) is 0 Å². The van der Waals surface area contributed by atoms with Crippen LogP contribution in [0.15, 0.2) is 0 Å². The Morgan fingerprint density at radius 1 is 1.53 bits per heavy atom. The molecular weight excluding hydrogens is 228 g/mol. The van der Waals surface area contributed by atoms with E-state index in [4.69, 9.17) is 14.6 Å². The van der Waals surface area contributed by atoms with E-state index in [-0.39, 0.29) is 25.3 Å². The minimum atomic E-state index is -1.01. The normalized spacial score (nSPS) is 19.4. The van der Waals surface area contributed by atoms with Gasteiger partial charge in [-0.05, 0) is 6.42 Å². The van der Waals surface area contributed by atoms with Crippen molar-refractivity contribution in [3.8, 4) is 0 Å². The number of nitrogens with zero attached hydrogens (tertiary/aromatic N) is 1. The van der Waals surface area contributed by atoms with Crippen molar-refractivity contribution in [2.75, 3.05) is 40.0 Å². The van der Waals surface area contributed by atoms with Crippen LogP contribution in [0, 0.1) is 0 Å². The molecule has 1 fully saturated rings. The number of hydrogen-bond acceptors (Lipinski definition) is 4. The van der Waals surface area contributed by atoms with Crippen LogP contribution < -0.4 is 5.32 Å². The molecule has 7 nitrogen and oxygen atoms in total. The van der Waals surface area contributed by atoms with Crippen LogP contribution in [0.4, 0.5) is 4.79 Å². The SMILES string of the molecule is COC1CCN(C(=O)NCCOCC(=O)O)C1. The fourth-order valence-electron chi connectivity index (χ4n) is 1.61. The average molecular weight is 246 g/mol. The van der Waals surface area contributed by atoms with Crippen molar-refractivity contribution in [2.24, 2.45) is 0 Å². The minimum absolute atomic E-state index is 0.115. The number of methoxy groups -OCH3 is 1. The maximum Gasteiger partial charge on any atom is 0.329 e. The van der Waals surface area contributed by atoms with Crippen molar-refractivity contribution in [2.45, 2.75) is 12.5 Å². The van der Waals surface area contributed by atoms with Gasteiger partial charge >= 0.3 is 12.0 Å². The average Bonchev–Trinajstić information content (AvgIpc) is 2.76. The molecule has 0 saturated carbocycles. The van der Waals surface area contributed by atoms with Crippen molar-refractivity contribution in [3.05, 3.63) is 0 Å². The number of aliphatic carboxylic acids is 1. The zero-order chi connectivity index (χ0) is 12.7. The van der Waals surface area contributed by atoms with Crippen molar-refractivity contribution in [3.63, 3.8) is 0 Å². The molecule has 0 aromatic heterocycles. The van der Waals surface area contributed by atoms with Crippen LogP contribution in [-0.4, -0.2) is 68.1 Å². The highest BCUT2D eigenvalue weighted by Gasteiger charge is 2.25. The Kier molecular flexibility index (Phi) is 5.71. The lowest BCUT2D eigenvalue weighted by Gasteiger charge is -2.16. The van der Waals surface area contributed by atoms with Gasteiger partial charge in [0.1, 0.15) is 6.61 Å². The molecule has 1 rings (SSSR count). The van der Waals surface area contributed by atoms with Gasteiger partial charge in [0.15, 0.2) is 0 Å². The number of carbonyl (C=O) groups is 2. The van der Waals surface area contributed by atoms with Crippen LogP contribution in [0.25, 0.3) is 0 Å². The summed E-state index contributed by atoms with van der Waals surface area (Å²) in [7, 11) is 1.63. The van der Waals surface area contributed by atoms with Crippen LogP contribution >= 0.6 is 0 Å². The molecule has 98 valence electrons. The fraction of sp³-hybridized carbons (Fsp3) is 0.800. The van der Waals surface area contributed by atoms with Crippen LogP contribution in [0.2, 0.25) is 0 Å². The van der Waals surface area contributed by atoms with E-state index < -0.39 is 5.97 Å². The predicted molar refractivity (Wildman–Crippen MR) is 58.8 cm³/mol. The van der Waals surface area contributed by atoms with E-state index in [1.54, 1.807) is 12.0 Å². The van der Waals surface area contributed by atoms with E-state index in [2.05, 4.69) is 5.32 Å². The second kappa shape index (κ2) is 7.08. The second-order valence-electron chi connectivity index (χ2n) is 3.77. The molecule has 0 aliphatic carbocycles. The molecule has 1 aliphatic heterocycles. The van der Waals surface area contributed by atoms with Gasteiger partial charge in [0.2, 0.25) is 0 Å². The van der Waals surface area contributed by atoms with E-state index in [0.717, 1.165) is 6.42 Å². The van der Waals surface area contributed by atoms with Crippen molar-refractivity contribution < 1.29 is 24.2 Å². The molecule has 2 N–H and O–H groups in total. The number of nitrogens with one attached hydrogen (secondary N) is 1. The van der Waals surface area contributed by atoms with Crippen LogP contribution in [-0.2, 0) is 14.3 Å². The van der Waals surface area contributed by atoms with Gasteiger partial charge in [0.25, 0.3) is 0 Å². The number of ether oxygens (including phenoxy) is 2. The number of hydrogen-bond donors (Lipinski definition) is 2. The first-order chi connectivity index (χ1) is 8.13. The molecule has 0 aromatic carbocycles. The predicted octanol–water partition coefficient (Wildman–Crippen LogP) is -0.482. The maximum absolute atomic E-state index is 11.6. The Bertz CT molecular complexity index is 271. The van der Waals surface area contributed by atoms with Crippen molar-refractivity contribution >= 4 is 12.0 Å². The highest BCUT2D eigenvalue weighted by Crippen LogP contribution is 2.11. The quantitative estimate of drug-likeness (QED) is 0.618. The molecule has 0 radical (unpaired) electrons. The molecule has 17 heavy (non-hydrogen) atoms. The monoisotopic (exact) mass is 246 g/mol. The number of carbonyl (C=O) groups excluding carboxylic acids is 1. The summed E-state index contributed by atoms with van der Waals surface area (Å²) in [5.41, 5.74) is 0. The van der Waals surface area contributed by atoms with Crippen LogP contribution in [0.5, 0.6) is 0 Å². The molecule has 2 amide bonds. The van der Waals surface area contributed by atoms with Gasteiger partial charge in [-0.15, -0.1) is 0 Å². The molecule has 1 unspecified atom stereocenters. The number of urea groups is 1. The minimum Gasteiger partial charge on any atom is -0.480 e. The molecule has 1 atom stereocenters. The lowest BCUT2D eigenvalue weighted by molar-refractivity contribution is -0.142. The highest BCUT2D eigenvalue weighted by molar-refractivity contribution is 5.74. The number of carboxylic acids is 1. The van der Waals surface area contributed by atoms with Gasteiger partial charge in [-0.1, -0.05) is 0 Å². The third-order valence-electron chi connectivity index (χ3n) is 2.51. The van der Waals surface area contributed by atoms with Crippen molar-refractivity contribution in [1.82, 2.24) is 10.2 Å². The van der Waals surface area contributed by atoms with Gasteiger partial charge < -0.3 is 24.8 Å². The molecule has 1 saturated heterocycles. The van der Waals surface area contributed by atoms with E-state index in [0.29, 0.717) is 19.6 Å². The van der Waals surface area contributed by atoms with Crippen molar-refractivity contribution in [1.29, 1.82) is 0 Å². The number of likely N-dealkylation sites (tertiary alicyclic amines) is 1. The van der Waals surface area contributed by atoms with Gasteiger partial charge in [-0.3, -0.25) is 0 Å². The fourth-order valence-corrected chi connectivity index (χ4v) is 1.61. The Balaban J connectivity index is 2.07. The summed E-state index contributed by atoms with van der Waals surface area (Å²) in [6, 6.07) is -0.163. The lowest BCUT2D eigenvalue weighted by Crippen LogP contribution is -2.40. The Hall–Kier alpha value is -1.34. The Morgan fingerprint density at radius 2 is 2.29 bits per heavy atom. The van der Waals surface area contributed by atoms with E-state index in [1.165, 1.54) is 0 Å². The smallest absolute Gasteiger partial charge is 0.329 e. The first-order valence-corrected chi connectivity index (χ1v) is 5.48. The molecule has 1 heterocycles. The van der Waals surface area contributed by atoms with Gasteiger partial charge in [-0.25, -0.2) is 9.59 Å². The number of amides is 2. The van der Waals surface area contributed by atoms with E-state index in [9.17, 15) is 9.59 Å². The van der Waals surface area contributed by atoms with Gasteiger partial charge in [0.05, 0.1) is 12.7 Å². The van der Waals surface area contributed by atoms with E-state index in [1.807, 2.05) is 0 Å². The molecule has 0 aromatic rings. The van der Waals surface area contributed by atoms with E-state index >= 15 is 0 Å². The molecule has 0 bridgehead atoms. The summed E-state index contributed by atoms with van der Waals surface area (Å²) < 4.78 is 9.94. The maximum atomic E-state index is 11.6. The number of rotatable bonds is 6. The largest absolute Gasteiger partial charge is 0.480 e. The van der Waals surface area contributed by atoms with Gasteiger partial charge in [0, 0.05) is 26.7 Å². The number of carboxylic acid groups (broad SMARTS) is 1. The standard InChI is InChI=1S/C10H18N2O5/c1-16-8-2-4-12(6-8)10(15)11-3-5-17-7-9(13)14/h8H,2-7H2,1H3,(H,11,15)(H,13,14). The topological polar surface area (TPSA) is 88.1 Å². The molecule has 7 heteroatoms. The first-order valence-electron chi connectivity index (χ1n) is 5.48. The lowest BCUT2D eigenvalue weighted by atomic mass is 10.3. The summed E-state index contributed by atoms with van der Waals surface area (Å²) in [5.74, 6) is -1.01. The third kappa shape index (κ3) is 5.01. The summed E-state index contributed by atoms with van der Waals surface area (Å²) >= 11 is 0. The second-order valence-corrected chi connectivity index (χ2v) is 3.77. The summed E-state index contributed by atoms with van der Waals surface area (Å²) in [5, 5.41) is 11.0. The molecular formula is C10H18N2O5. The summed E-state index contributed by atoms with van der Waals surface area (Å²) in [6.45, 7) is 1.43. The zero-order valence-corrected chi connectivity index (χ0v) is 9.85. The molecule has 1 aliphatic rings. The Labute approximate surface area is 99.7 Å². The highest BCUT2D eigenvalue weighted by atomic mass is 16.5. The first kappa shape index (κ1) is 13.7.